The molecule has 2 aromatic carbocycles. The van der Waals surface area contributed by atoms with Crippen LogP contribution in [0.25, 0.3) is 26.0 Å². The monoisotopic (exact) mass is 795 g/mol. The lowest BCUT2D eigenvalue weighted by Gasteiger charge is -2.29. The lowest BCUT2D eigenvalue weighted by molar-refractivity contribution is 0.0270. The summed E-state index contributed by atoms with van der Waals surface area (Å²) in [7, 11) is 0. The van der Waals surface area contributed by atoms with Crippen LogP contribution < -0.4 is 20.9 Å². The number of nitrogens with two attached hydrogens (primary N) is 2. The van der Waals surface area contributed by atoms with Crippen molar-refractivity contribution in [2.45, 2.75) is 32.8 Å². The van der Waals surface area contributed by atoms with Gasteiger partial charge in [0, 0.05) is 25.2 Å². The molecule has 1 amide bonds. The quantitative estimate of drug-likeness (QED) is 0.130. The van der Waals surface area contributed by atoms with Gasteiger partial charge in [0.15, 0.2) is 21.8 Å². The van der Waals surface area contributed by atoms with Crippen molar-refractivity contribution in [3.8, 4) is 23.3 Å². The topological polar surface area (TPSA) is 177 Å². The number of carbonyl (C=O) groups is 1. The van der Waals surface area contributed by atoms with Gasteiger partial charge < -0.3 is 30.6 Å². The highest BCUT2D eigenvalue weighted by Gasteiger charge is 2.24. The van der Waals surface area contributed by atoms with E-state index < -0.39 is 5.60 Å². The second kappa shape index (κ2) is 14.2. The summed E-state index contributed by atoms with van der Waals surface area (Å²) in [6.07, 6.45) is 5.29. The normalized spacial score (nSPS) is 13.1. The van der Waals surface area contributed by atoms with Gasteiger partial charge in [0.25, 0.3) is 0 Å². The van der Waals surface area contributed by atoms with Crippen molar-refractivity contribution >= 4 is 87.6 Å². The Kier molecular flexibility index (Phi) is 9.83. The number of halogens is 1. The molecule has 0 unspecified atom stereocenters. The molecule has 13 nitrogen and oxygen atoms in total. The van der Waals surface area contributed by atoms with Crippen LogP contribution in [0, 0.1) is 3.70 Å². The Balaban J connectivity index is 0.000000189. The van der Waals surface area contributed by atoms with Gasteiger partial charge in [0.1, 0.15) is 33.0 Å². The molecule has 0 spiro atoms. The number of nitrogen functional groups attached to an aromatic ring is 2. The first kappa shape index (κ1) is 33.2. The number of anilines is 2. The summed E-state index contributed by atoms with van der Waals surface area (Å²) in [6.45, 7) is 6.62. The van der Waals surface area contributed by atoms with Crippen molar-refractivity contribution in [1.29, 1.82) is 0 Å². The standard InChI is InChI=1S/C21H23N5O3S.C11H7IN4OS/c1-21(2,3)29-20(27)26-9-7-13(8-10-26)14-11-17(24-12-23-14)28-15-5-4-6-16-18(15)25-19(22)30-16;12-8-4-9(15-5-14-8)17-6-2-1-3-7-10(6)16-11(13)18-7/h4-7,11-12H,8-10H2,1-3H3,(H2,22,25);1-5H,(H2,13,16). The molecule has 0 saturated heterocycles. The number of hydrogen-bond acceptors (Lipinski definition) is 14. The maximum absolute atomic E-state index is 12.2. The lowest BCUT2D eigenvalue weighted by Crippen LogP contribution is -2.39. The summed E-state index contributed by atoms with van der Waals surface area (Å²) < 4.78 is 19.9. The summed E-state index contributed by atoms with van der Waals surface area (Å²) in [5.41, 5.74) is 14.3. The Labute approximate surface area is 297 Å². The predicted molar refractivity (Wildman–Crippen MR) is 195 cm³/mol. The first-order valence-corrected chi connectivity index (χ1v) is 17.3. The van der Waals surface area contributed by atoms with Gasteiger partial charge in [-0.15, -0.1) is 0 Å². The third-order valence-corrected chi connectivity index (χ3v) is 8.96. The van der Waals surface area contributed by atoms with Gasteiger partial charge in [-0.3, -0.25) is 0 Å². The minimum atomic E-state index is -0.509. The highest BCUT2D eigenvalue weighted by atomic mass is 127. The molecular formula is C32H30IN9O4S2. The van der Waals surface area contributed by atoms with E-state index in [2.05, 4.69) is 52.5 Å². The summed E-state index contributed by atoms with van der Waals surface area (Å²) in [5, 5.41) is 1.02. The molecule has 7 rings (SSSR count). The molecule has 0 saturated carbocycles. The smallest absolute Gasteiger partial charge is 0.410 e. The Hall–Kier alpha value is -4.68. The SMILES string of the molecule is CC(C)(C)OC(=O)N1CC=C(c2cc(Oc3cccc4sc(N)nc34)ncn2)CC1.Nc1nc2c(Oc3cc(I)ncn3)cccc2s1. The van der Waals surface area contributed by atoms with Crippen LogP contribution in [0.3, 0.4) is 0 Å². The minimum absolute atomic E-state index is 0.305. The van der Waals surface area contributed by atoms with E-state index in [-0.39, 0.29) is 6.09 Å². The van der Waals surface area contributed by atoms with Gasteiger partial charge in [-0.1, -0.05) is 40.9 Å². The number of nitrogens with zero attached hydrogens (tertiary/aromatic N) is 7. The molecule has 1 aliphatic heterocycles. The zero-order valence-corrected chi connectivity index (χ0v) is 29.9. The van der Waals surface area contributed by atoms with Crippen molar-refractivity contribution in [1.82, 2.24) is 34.8 Å². The third-order valence-electron chi connectivity index (χ3n) is 6.67. The van der Waals surface area contributed by atoms with E-state index in [1.807, 2.05) is 63.2 Å². The second-order valence-electron chi connectivity index (χ2n) is 11.3. The fourth-order valence-electron chi connectivity index (χ4n) is 4.61. The first-order chi connectivity index (χ1) is 23.0. The van der Waals surface area contributed by atoms with Crippen molar-refractivity contribution in [2.75, 3.05) is 24.6 Å². The van der Waals surface area contributed by atoms with Crippen LogP contribution in [0.2, 0.25) is 0 Å². The van der Waals surface area contributed by atoms with Crippen LogP contribution in [0.15, 0.2) is 67.3 Å². The van der Waals surface area contributed by atoms with E-state index in [0.717, 1.165) is 29.9 Å². The molecule has 16 heteroatoms. The molecule has 4 N–H and O–H groups in total. The molecular weight excluding hydrogens is 765 g/mol. The van der Waals surface area contributed by atoms with E-state index >= 15 is 0 Å². The molecule has 0 aliphatic carbocycles. The Morgan fingerprint density at radius 3 is 1.98 bits per heavy atom. The maximum atomic E-state index is 12.2. The first-order valence-electron chi connectivity index (χ1n) is 14.6. The number of para-hydroxylation sites is 2. The van der Waals surface area contributed by atoms with Gasteiger partial charge in [-0.2, -0.15) is 0 Å². The molecule has 0 atom stereocenters. The van der Waals surface area contributed by atoms with Crippen LogP contribution in [0.5, 0.6) is 23.3 Å². The van der Waals surface area contributed by atoms with Gasteiger partial charge in [0.2, 0.25) is 11.8 Å². The van der Waals surface area contributed by atoms with Gasteiger partial charge in [-0.25, -0.2) is 34.7 Å². The van der Waals surface area contributed by atoms with Crippen molar-refractivity contribution < 1.29 is 19.0 Å². The highest BCUT2D eigenvalue weighted by Crippen LogP contribution is 2.35. The molecule has 48 heavy (non-hydrogen) atoms. The van der Waals surface area contributed by atoms with E-state index in [9.17, 15) is 4.79 Å². The number of benzene rings is 2. The summed E-state index contributed by atoms with van der Waals surface area (Å²) in [5.74, 6) is 2.16. The number of amides is 1. The number of thiazole rings is 2. The molecule has 0 radical (unpaired) electrons. The number of fused-ring (bicyclic) bond motifs is 2. The van der Waals surface area contributed by atoms with Crippen LogP contribution in [-0.4, -0.2) is 59.6 Å². The number of carbonyl (C=O) groups excluding carboxylic acids is 1. The number of ether oxygens (including phenoxy) is 3. The molecule has 1 aliphatic rings. The Morgan fingerprint density at radius 2 is 1.44 bits per heavy atom. The predicted octanol–water partition coefficient (Wildman–Crippen LogP) is 7.55. The van der Waals surface area contributed by atoms with Crippen molar-refractivity contribution in [2.24, 2.45) is 0 Å². The molecule has 0 bridgehead atoms. The maximum Gasteiger partial charge on any atom is 0.410 e. The van der Waals surface area contributed by atoms with E-state index in [0.29, 0.717) is 58.5 Å². The van der Waals surface area contributed by atoms with Gasteiger partial charge >= 0.3 is 6.09 Å². The van der Waals surface area contributed by atoms with Crippen LogP contribution >= 0.6 is 45.3 Å². The van der Waals surface area contributed by atoms with Crippen molar-refractivity contribution in [3.63, 3.8) is 0 Å². The van der Waals surface area contributed by atoms with Crippen molar-refractivity contribution in [3.05, 3.63) is 76.7 Å². The second-order valence-corrected chi connectivity index (χ2v) is 14.6. The van der Waals surface area contributed by atoms with E-state index in [4.69, 9.17) is 25.7 Å². The number of hydrogen-bond donors (Lipinski definition) is 2. The largest absolute Gasteiger partial charge is 0.444 e. The summed E-state index contributed by atoms with van der Waals surface area (Å²) in [6, 6.07) is 14.9. The highest BCUT2D eigenvalue weighted by molar-refractivity contribution is 14.1. The lowest BCUT2D eigenvalue weighted by atomic mass is 10.0. The van der Waals surface area contributed by atoms with E-state index in [1.54, 1.807) is 17.0 Å². The number of aromatic nitrogens is 6. The third kappa shape index (κ3) is 8.23. The molecule has 0 fully saturated rings. The molecule has 5 heterocycles. The summed E-state index contributed by atoms with van der Waals surface area (Å²) >= 11 is 4.95. The average Bonchev–Trinajstić information content (AvgIpc) is 3.63. The minimum Gasteiger partial charge on any atom is -0.444 e. The van der Waals surface area contributed by atoms with Gasteiger partial charge in [0.05, 0.1) is 15.1 Å². The van der Waals surface area contributed by atoms with E-state index in [1.165, 1.54) is 35.3 Å². The zero-order chi connectivity index (χ0) is 33.8. The number of rotatable bonds is 5. The van der Waals surface area contributed by atoms with Gasteiger partial charge in [-0.05, 0) is 79.6 Å². The fraction of sp³-hybridized carbons (Fsp3) is 0.219. The Bertz CT molecular complexity index is 2130. The average molecular weight is 796 g/mol. The Morgan fingerprint density at radius 1 is 0.854 bits per heavy atom. The summed E-state index contributed by atoms with van der Waals surface area (Å²) in [4.78, 5) is 39.2. The van der Waals surface area contributed by atoms with Crippen LogP contribution in [0.4, 0.5) is 15.1 Å². The van der Waals surface area contributed by atoms with Crippen LogP contribution in [-0.2, 0) is 4.74 Å². The zero-order valence-electron chi connectivity index (χ0n) is 26.1. The molecule has 6 aromatic rings. The molecule has 4 aromatic heterocycles. The molecule has 246 valence electrons. The van der Waals surface area contributed by atoms with Crippen LogP contribution in [0.1, 0.15) is 32.9 Å². The fourth-order valence-corrected chi connectivity index (χ4v) is 6.50.